The Labute approximate surface area is 90.1 Å². The van der Waals surface area contributed by atoms with Crippen LogP contribution in [-0.2, 0) is 9.59 Å². The fourth-order valence-electron chi connectivity index (χ4n) is 0.780. The Bertz CT molecular complexity index is 366. The first-order valence-electron chi connectivity index (χ1n) is 4.04. The number of amides is 1. The highest BCUT2D eigenvalue weighted by atomic mass is 32.2. The van der Waals surface area contributed by atoms with Crippen LogP contribution in [0.4, 0.5) is 5.82 Å². The van der Waals surface area contributed by atoms with Gasteiger partial charge in [-0.2, -0.15) is 0 Å². The van der Waals surface area contributed by atoms with Crippen molar-refractivity contribution in [2.24, 2.45) is 0 Å². The molecule has 0 fully saturated rings. The van der Waals surface area contributed by atoms with E-state index >= 15 is 0 Å². The van der Waals surface area contributed by atoms with Crippen LogP contribution in [0.5, 0.6) is 0 Å². The molecule has 0 spiro atoms. The first-order chi connectivity index (χ1) is 7.08. The summed E-state index contributed by atoms with van der Waals surface area (Å²) in [4.78, 5) is 20.9. The van der Waals surface area contributed by atoms with Gasteiger partial charge in [0.1, 0.15) is 5.03 Å². The van der Waals surface area contributed by atoms with Crippen molar-refractivity contribution in [3.8, 4) is 0 Å². The summed E-state index contributed by atoms with van der Waals surface area (Å²) in [7, 11) is 0. The van der Waals surface area contributed by atoms with Gasteiger partial charge < -0.3 is 10.4 Å². The third-order valence-corrected chi connectivity index (χ3v) is 2.19. The van der Waals surface area contributed by atoms with Crippen molar-refractivity contribution in [3.05, 3.63) is 12.1 Å². The predicted octanol–water partition coefficient (Wildman–Crippen LogP) is 0.612. The first-order valence-corrected chi connectivity index (χ1v) is 5.02. The molecule has 1 amide bonds. The van der Waals surface area contributed by atoms with Crippen LogP contribution in [0.15, 0.2) is 17.2 Å². The fourth-order valence-corrected chi connectivity index (χ4v) is 1.31. The monoisotopic (exact) mass is 227 g/mol. The molecular formula is C8H9N3O3S. The largest absolute Gasteiger partial charge is 0.481 e. The average Bonchev–Trinajstić information content (AvgIpc) is 2.16. The number of thioether (sulfide) groups is 1. The normalized spacial score (nSPS) is 9.67. The van der Waals surface area contributed by atoms with E-state index in [1.807, 2.05) is 0 Å². The summed E-state index contributed by atoms with van der Waals surface area (Å²) in [5.74, 6) is -0.848. The standard InChI is InChI=1S/C8H9N3O3S/c1-5(12)9-6-2-3-7(11-10-6)15-4-8(13)14/h2-3H,4H2,1H3,(H,13,14)(H,9,10,12). The number of aliphatic carboxylic acids is 1. The van der Waals surface area contributed by atoms with Crippen LogP contribution in [0.2, 0.25) is 0 Å². The molecule has 1 heterocycles. The summed E-state index contributed by atoms with van der Waals surface area (Å²) in [6, 6.07) is 3.17. The Morgan fingerprint density at radius 3 is 2.67 bits per heavy atom. The smallest absolute Gasteiger partial charge is 0.313 e. The Hall–Kier alpha value is -1.63. The Kier molecular flexibility index (Phi) is 4.04. The summed E-state index contributed by atoms with van der Waals surface area (Å²) in [6.45, 7) is 1.37. The van der Waals surface area contributed by atoms with Crippen LogP contribution < -0.4 is 5.32 Å². The van der Waals surface area contributed by atoms with Crippen molar-refractivity contribution in [1.29, 1.82) is 0 Å². The second-order valence-corrected chi connectivity index (χ2v) is 3.62. The molecular weight excluding hydrogens is 218 g/mol. The van der Waals surface area contributed by atoms with E-state index in [4.69, 9.17) is 5.11 Å². The third kappa shape index (κ3) is 4.41. The number of nitrogens with zero attached hydrogens (tertiary/aromatic N) is 2. The molecule has 7 heteroatoms. The minimum atomic E-state index is -0.910. The maximum absolute atomic E-state index is 10.7. The lowest BCUT2D eigenvalue weighted by atomic mass is 10.5. The van der Waals surface area contributed by atoms with E-state index in [1.165, 1.54) is 6.92 Å². The number of carboxylic acids is 1. The second kappa shape index (κ2) is 5.30. The van der Waals surface area contributed by atoms with Gasteiger partial charge in [-0.3, -0.25) is 9.59 Å². The van der Waals surface area contributed by atoms with Crippen LogP contribution in [-0.4, -0.2) is 32.9 Å². The molecule has 15 heavy (non-hydrogen) atoms. The van der Waals surface area contributed by atoms with Gasteiger partial charge in [-0.1, -0.05) is 11.8 Å². The van der Waals surface area contributed by atoms with Crippen molar-refractivity contribution in [1.82, 2.24) is 10.2 Å². The average molecular weight is 227 g/mol. The number of hydrogen-bond acceptors (Lipinski definition) is 5. The lowest BCUT2D eigenvalue weighted by Gasteiger charge is -2.00. The Morgan fingerprint density at radius 1 is 1.47 bits per heavy atom. The Morgan fingerprint density at radius 2 is 2.20 bits per heavy atom. The number of hydrogen-bond donors (Lipinski definition) is 2. The van der Waals surface area contributed by atoms with Gasteiger partial charge in [-0.05, 0) is 12.1 Å². The van der Waals surface area contributed by atoms with E-state index < -0.39 is 5.97 Å². The summed E-state index contributed by atoms with van der Waals surface area (Å²) in [5.41, 5.74) is 0. The highest BCUT2D eigenvalue weighted by Crippen LogP contribution is 2.14. The summed E-state index contributed by atoms with van der Waals surface area (Å²) in [5, 5.41) is 18.8. The topological polar surface area (TPSA) is 92.2 Å². The van der Waals surface area contributed by atoms with Crippen molar-refractivity contribution < 1.29 is 14.7 Å². The number of carbonyl (C=O) groups is 2. The van der Waals surface area contributed by atoms with Crippen molar-refractivity contribution in [3.63, 3.8) is 0 Å². The van der Waals surface area contributed by atoms with Gasteiger partial charge in [0.25, 0.3) is 0 Å². The van der Waals surface area contributed by atoms with Gasteiger partial charge >= 0.3 is 5.97 Å². The molecule has 0 aliphatic carbocycles. The number of carbonyl (C=O) groups excluding carboxylic acids is 1. The maximum Gasteiger partial charge on any atom is 0.313 e. The lowest BCUT2D eigenvalue weighted by Crippen LogP contribution is -2.08. The van der Waals surface area contributed by atoms with E-state index in [9.17, 15) is 9.59 Å². The molecule has 6 nitrogen and oxygen atoms in total. The van der Waals surface area contributed by atoms with Crippen molar-refractivity contribution in [2.75, 3.05) is 11.1 Å². The quantitative estimate of drug-likeness (QED) is 0.732. The molecule has 0 radical (unpaired) electrons. The van der Waals surface area contributed by atoms with Crippen LogP contribution in [0, 0.1) is 0 Å². The molecule has 0 saturated heterocycles. The molecule has 80 valence electrons. The molecule has 1 aromatic heterocycles. The predicted molar refractivity (Wildman–Crippen MR) is 54.7 cm³/mol. The number of carboxylic acid groups (broad SMARTS) is 1. The summed E-state index contributed by atoms with van der Waals surface area (Å²) in [6.07, 6.45) is 0. The van der Waals surface area contributed by atoms with E-state index in [0.717, 1.165) is 11.8 Å². The van der Waals surface area contributed by atoms with Crippen molar-refractivity contribution in [2.45, 2.75) is 11.9 Å². The molecule has 2 N–H and O–H groups in total. The minimum absolute atomic E-state index is 0.0613. The van der Waals surface area contributed by atoms with Gasteiger partial charge in [0, 0.05) is 6.92 Å². The van der Waals surface area contributed by atoms with Crippen LogP contribution >= 0.6 is 11.8 Å². The third-order valence-electron chi connectivity index (χ3n) is 1.29. The van der Waals surface area contributed by atoms with Gasteiger partial charge in [-0.15, -0.1) is 10.2 Å². The second-order valence-electron chi connectivity index (χ2n) is 2.62. The minimum Gasteiger partial charge on any atom is -0.481 e. The van der Waals surface area contributed by atoms with E-state index in [2.05, 4.69) is 15.5 Å². The fraction of sp³-hybridized carbons (Fsp3) is 0.250. The number of aromatic nitrogens is 2. The SMILES string of the molecule is CC(=O)Nc1ccc(SCC(=O)O)nn1. The molecule has 0 unspecified atom stereocenters. The van der Waals surface area contributed by atoms with Gasteiger partial charge in [0.2, 0.25) is 5.91 Å². The van der Waals surface area contributed by atoms with Gasteiger partial charge in [-0.25, -0.2) is 0 Å². The number of rotatable bonds is 4. The maximum atomic E-state index is 10.7. The van der Waals surface area contributed by atoms with Crippen molar-refractivity contribution >= 4 is 29.5 Å². The molecule has 0 saturated carbocycles. The van der Waals surface area contributed by atoms with Crippen LogP contribution in [0.1, 0.15) is 6.92 Å². The zero-order valence-electron chi connectivity index (χ0n) is 7.93. The molecule has 0 atom stereocenters. The lowest BCUT2D eigenvalue weighted by molar-refractivity contribution is -0.133. The first kappa shape index (κ1) is 11.4. The highest BCUT2D eigenvalue weighted by molar-refractivity contribution is 7.99. The summed E-state index contributed by atoms with van der Waals surface area (Å²) < 4.78 is 0. The molecule has 1 aromatic rings. The Balaban J connectivity index is 2.56. The molecule has 0 aliphatic heterocycles. The highest BCUT2D eigenvalue weighted by Gasteiger charge is 2.02. The van der Waals surface area contributed by atoms with E-state index in [-0.39, 0.29) is 11.7 Å². The number of anilines is 1. The zero-order chi connectivity index (χ0) is 11.3. The molecule has 0 aromatic carbocycles. The number of nitrogens with one attached hydrogen (secondary N) is 1. The van der Waals surface area contributed by atoms with Gasteiger partial charge in [0.15, 0.2) is 5.82 Å². The van der Waals surface area contributed by atoms with E-state index in [1.54, 1.807) is 12.1 Å². The van der Waals surface area contributed by atoms with Crippen LogP contribution in [0.25, 0.3) is 0 Å². The summed E-state index contributed by atoms with van der Waals surface area (Å²) >= 11 is 1.07. The molecule has 0 aliphatic rings. The van der Waals surface area contributed by atoms with E-state index in [0.29, 0.717) is 10.8 Å². The van der Waals surface area contributed by atoms with Gasteiger partial charge in [0.05, 0.1) is 5.75 Å². The zero-order valence-corrected chi connectivity index (χ0v) is 8.74. The molecule has 1 rings (SSSR count). The molecule has 0 bridgehead atoms. The van der Waals surface area contributed by atoms with Crippen LogP contribution in [0.3, 0.4) is 0 Å².